The summed E-state index contributed by atoms with van der Waals surface area (Å²) in [4.78, 5) is 117. The molecule has 0 radical (unpaired) electrons. The van der Waals surface area contributed by atoms with Gasteiger partial charge in [0.15, 0.2) is 0 Å². The van der Waals surface area contributed by atoms with E-state index in [4.69, 9.17) is 4.74 Å². The lowest BCUT2D eigenvalue weighted by Crippen LogP contribution is -2.60. The maximum Gasteiger partial charge on any atom is 0.305 e. The van der Waals surface area contributed by atoms with Crippen LogP contribution in [0.1, 0.15) is 54.0 Å². The van der Waals surface area contributed by atoms with E-state index in [0.717, 1.165) is 0 Å². The molecule has 2 aromatic heterocycles. The number of ether oxygens (including phenoxy) is 1. The number of fused-ring (bicyclic) bond motifs is 1. The monoisotopic (exact) mass is 1040 g/mol. The molecular weight excluding hydrogens is 985 g/mol. The van der Waals surface area contributed by atoms with Gasteiger partial charge in [-0.25, -0.2) is 9.97 Å². The van der Waals surface area contributed by atoms with Crippen molar-refractivity contribution in [3.05, 3.63) is 114 Å². The van der Waals surface area contributed by atoms with Gasteiger partial charge < -0.3 is 52.0 Å². The summed E-state index contributed by atoms with van der Waals surface area (Å²) < 4.78 is 38.4. The Hall–Kier alpha value is -8.78. The molecule has 11 N–H and O–H groups in total. The molecule has 1 unspecified atom stereocenters. The number of carboxylic acid groups (broad SMARTS) is 1. The Labute approximate surface area is 423 Å². The molecule has 74 heavy (non-hydrogen) atoms. The van der Waals surface area contributed by atoms with Gasteiger partial charge in [-0.15, -0.1) is 0 Å². The first-order valence-electron chi connectivity index (χ1n) is 23.0. The van der Waals surface area contributed by atoms with E-state index in [1.165, 1.54) is 42.7 Å². The van der Waals surface area contributed by atoms with Crippen LogP contribution >= 0.6 is 0 Å². The Kier molecular flexibility index (Phi) is 18.8. The Bertz CT molecular complexity index is 2970. The zero-order chi connectivity index (χ0) is 53.4. The number of para-hydroxylation sites is 2. The van der Waals surface area contributed by atoms with E-state index in [1.807, 2.05) is 0 Å². The van der Waals surface area contributed by atoms with Crippen molar-refractivity contribution >= 4 is 80.5 Å². The summed E-state index contributed by atoms with van der Waals surface area (Å²) in [6.07, 6.45) is 1.66. The van der Waals surface area contributed by atoms with Crippen molar-refractivity contribution in [3.63, 3.8) is 0 Å². The van der Waals surface area contributed by atoms with Gasteiger partial charge >= 0.3 is 5.97 Å². The van der Waals surface area contributed by atoms with E-state index in [0.29, 0.717) is 34.6 Å². The third-order valence-corrected chi connectivity index (χ3v) is 12.0. The Balaban J connectivity index is 1.04. The van der Waals surface area contributed by atoms with Gasteiger partial charge in [-0.05, 0) is 60.4 Å². The molecule has 25 nitrogen and oxygen atoms in total. The lowest BCUT2D eigenvalue weighted by Gasteiger charge is -2.27. The Morgan fingerprint density at radius 2 is 1.55 bits per heavy atom. The molecule has 4 atom stereocenters. The van der Waals surface area contributed by atoms with Gasteiger partial charge in [0, 0.05) is 31.3 Å². The number of benzene rings is 3. The molecule has 0 saturated carbocycles. The highest BCUT2D eigenvalue weighted by Gasteiger charge is 2.34. The number of H-pyrrole nitrogens is 1. The average molecular weight is 1040 g/mol. The van der Waals surface area contributed by atoms with Crippen molar-refractivity contribution in [1.29, 1.82) is 0 Å². The van der Waals surface area contributed by atoms with Gasteiger partial charge in [-0.2, -0.15) is 13.5 Å². The number of hydrogen-bond donors (Lipinski definition) is 11. The number of carbonyl (C=O) groups excluding carboxylic acids is 7. The SMILES string of the molecule is CC(C)C1NC(=O)[C@@H](Cc2ccc(OCCCNC(=O)c3ccc(N/N=C/c4ccccc4S(=O)(=O)O)nc3)cc2)NC(=O)[C@H](CC(=O)O)NC(=O)CNC(=O)[C@H](CNC(=O)Cc2nc3ccccc3[nH]2)NC1=O. The van der Waals surface area contributed by atoms with Gasteiger partial charge in [0.2, 0.25) is 35.4 Å². The fourth-order valence-electron chi connectivity index (χ4n) is 7.29. The summed E-state index contributed by atoms with van der Waals surface area (Å²) in [5.74, 6) is -6.51. The Morgan fingerprint density at radius 3 is 2.26 bits per heavy atom. The van der Waals surface area contributed by atoms with E-state index in [9.17, 15) is 56.4 Å². The first kappa shape index (κ1) is 54.6. The highest BCUT2D eigenvalue weighted by Crippen LogP contribution is 2.17. The van der Waals surface area contributed by atoms with Crippen LogP contribution in [0.2, 0.25) is 0 Å². The number of aromatic amines is 1. The van der Waals surface area contributed by atoms with Crippen LogP contribution < -0.4 is 47.4 Å². The van der Waals surface area contributed by atoms with Gasteiger partial charge in [0.1, 0.15) is 46.5 Å². The smallest absolute Gasteiger partial charge is 0.305 e. The van der Waals surface area contributed by atoms with Crippen molar-refractivity contribution in [1.82, 2.24) is 52.2 Å². The maximum atomic E-state index is 14.1. The number of carboxylic acids is 1. The lowest BCUT2D eigenvalue weighted by atomic mass is 10.00. The second-order valence-electron chi connectivity index (χ2n) is 17.1. The first-order valence-corrected chi connectivity index (χ1v) is 24.5. The van der Waals surface area contributed by atoms with Crippen LogP contribution in [-0.2, 0) is 56.5 Å². The van der Waals surface area contributed by atoms with E-state index in [1.54, 1.807) is 68.4 Å². The zero-order valence-electron chi connectivity index (χ0n) is 39.9. The number of amides is 7. The normalized spacial score (nSPS) is 18.0. The fourth-order valence-corrected chi connectivity index (χ4v) is 7.96. The van der Waals surface area contributed by atoms with E-state index < -0.39 is 107 Å². The molecule has 1 fully saturated rings. The molecule has 1 aliphatic rings. The molecular formula is C48H54N12O13S. The number of aromatic nitrogens is 3. The first-order chi connectivity index (χ1) is 35.3. The van der Waals surface area contributed by atoms with Gasteiger partial charge in [-0.1, -0.05) is 56.3 Å². The van der Waals surface area contributed by atoms with Crippen LogP contribution in [-0.4, -0.2) is 137 Å². The zero-order valence-corrected chi connectivity index (χ0v) is 40.7. The fraction of sp³-hybridized carbons (Fsp3) is 0.312. The summed E-state index contributed by atoms with van der Waals surface area (Å²) in [7, 11) is -4.46. The molecule has 6 rings (SSSR count). The van der Waals surface area contributed by atoms with Gasteiger partial charge in [0.25, 0.3) is 16.0 Å². The number of hydrogen-bond acceptors (Lipinski definition) is 15. The van der Waals surface area contributed by atoms with Crippen LogP contribution in [0.5, 0.6) is 5.75 Å². The summed E-state index contributed by atoms with van der Waals surface area (Å²) in [5, 5.41) is 31.2. The third-order valence-electron chi connectivity index (χ3n) is 11.1. The minimum absolute atomic E-state index is 0.146. The van der Waals surface area contributed by atoms with Crippen LogP contribution in [0.25, 0.3) is 11.0 Å². The van der Waals surface area contributed by atoms with Crippen molar-refractivity contribution in [3.8, 4) is 5.75 Å². The predicted octanol–water partition coefficient (Wildman–Crippen LogP) is -0.0494. The maximum absolute atomic E-state index is 14.1. The van der Waals surface area contributed by atoms with Crippen molar-refractivity contribution in [2.24, 2.45) is 11.0 Å². The molecule has 0 bridgehead atoms. The Morgan fingerprint density at radius 1 is 0.838 bits per heavy atom. The molecule has 1 aliphatic heterocycles. The van der Waals surface area contributed by atoms with Crippen LogP contribution in [0, 0.1) is 5.92 Å². The number of imidazole rings is 1. The van der Waals surface area contributed by atoms with Crippen molar-refractivity contribution in [2.45, 2.75) is 68.6 Å². The molecule has 1 saturated heterocycles. The number of carbonyl (C=O) groups is 8. The minimum Gasteiger partial charge on any atom is -0.494 e. The standard InChI is InChI=1S/C48H54N12O13S/c1-27(2)43-48(69)58-36(25-51-40(61)22-39-54-32-9-4-5-10-33(32)55-39)45(66)52-26-41(62)56-35(21-42(63)64)46(67)57-34(47(68)59-43)20-28-12-15-31(16-13-28)73-19-7-18-49-44(65)30-14-17-38(50-23-30)60-53-24-29-8-3-6-11-37(29)74(70,71)72/h3-6,8-17,23-24,27,34-36,43H,7,18-22,25-26H2,1-2H3,(H,49,65)(H,50,60)(H,51,61)(H,52,66)(H,54,55)(H,56,62)(H,57,67)(H,58,69)(H,59,68)(H,63,64)(H,70,71,72)/b53-24+/t34-,35+,36+,43?/m1/s1. The van der Waals surface area contributed by atoms with E-state index in [2.05, 4.69) is 62.7 Å². The van der Waals surface area contributed by atoms with E-state index >= 15 is 0 Å². The molecule has 5 aromatic rings. The topological polar surface area (TPSA) is 371 Å². The molecule has 26 heteroatoms. The third kappa shape index (κ3) is 16.1. The quantitative estimate of drug-likeness (QED) is 0.0224. The van der Waals surface area contributed by atoms with E-state index in [-0.39, 0.29) is 47.8 Å². The average Bonchev–Trinajstić information content (AvgIpc) is 3.77. The number of pyridine rings is 1. The van der Waals surface area contributed by atoms with Gasteiger partial charge in [-0.3, -0.25) is 48.3 Å². The summed E-state index contributed by atoms with van der Waals surface area (Å²) in [6, 6.07) is 16.5. The number of nitrogens with zero attached hydrogens (tertiary/aromatic N) is 3. The largest absolute Gasteiger partial charge is 0.494 e. The van der Waals surface area contributed by atoms with Gasteiger partial charge in [0.05, 0.1) is 48.8 Å². The summed E-state index contributed by atoms with van der Waals surface area (Å²) in [5.41, 5.74) is 4.87. The van der Waals surface area contributed by atoms with Crippen LogP contribution in [0.4, 0.5) is 5.82 Å². The second-order valence-corrected chi connectivity index (χ2v) is 18.5. The molecule has 0 spiro atoms. The molecule has 390 valence electrons. The van der Waals surface area contributed by atoms with Crippen LogP contribution in [0.3, 0.4) is 0 Å². The van der Waals surface area contributed by atoms with Crippen LogP contribution in [0.15, 0.2) is 101 Å². The van der Waals surface area contributed by atoms with Crippen molar-refractivity contribution in [2.75, 3.05) is 31.7 Å². The minimum atomic E-state index is -4.46. The number of anilines is 1. The summed E-state index contributed by atoms with van der Waals surface area (Å²) >= 11 is 0. The molecule has 3 aromatic carbocycles. The molecule has 7 amide bonds. The number of aliphatic carboxylic acids is 1. The highest BCUT2D eigenvalue weighted by atomic mass is 32.2. The number of nitrogens with one attached hydrogen (secondary N) is 9. The number of hydrazone groups is 1. The highest BCUT2D eigenvalue weighted by molar-refractivity contribution is 7.86. The van der Waals surface area contributed by atoms with Crippen molar-refractivity contribution < 1.29 is 61.2 Å². The molecule has 0 aliphatic carbocycles. The summed E-state index contributed by atoms with van der Waals surface area (Å²) in [6.45, 7) is 2.50. The molecule has 3 heterocycles. The number of rotatable bonds is 19. The lowest BCUT2D eigenvalue weighted by molar-refractivity contribution is -0.141. The predicted molar refractivity (Wildman–Crippen MR) is 265 cm³/mol. The second kappa shape index (κ2) is 25.6.